The molecule has 2 aromatic carbocycles. The van der Waals surface area contributed by atoms with Gasteiger partial charge in [0, 0.05) is 28.8 Å². The van der Waals surface area contributed by atoms with Gasteiger partial charge >= 0.3 is 0 Å². The minimum absolute atomic E-state index is 0.0423. The predicted molar refractivity (Wildman–Crippen MR) is 90.0 cm³/mol. The molecule has 0 saturated heterocycles. The van der Waals surface area contributed by atoms with Crippen LogP contribution in [0.1, 0.15) is 41.7 Å². The van der Waals surface area contributed by atoms with Crippen molar-refractivity contribution in [2.75, 3.05) is 5.32 Å². The largest absolute Gasteiger partial charge is 0.345 e. The first kappa shape index (κ1) is 17.1. The molecule has 0 bridgehead atoms. The van der Waals surface area contributed by atoms with Crippen LogP contribution in [0.4, 0.5) is 14.5 Å². The first-order valence-corrected chi connectivity index (χ1v) is 8.11. The molecular formula is C19H18F2N2O2. The first-order chi connectivity index (χ1) is 11.9. The van der Waals surface area contributed by atoms with Gasteiger partial charge in [0.2, 0.25) is 5.91 Å². The van der Waals surface area contributed by atoms with Crippen molar-refractivity contribution in [2.45, 2.75) is 25.8 Å². The van der Waals surface area contributed by atoms with Crippen molar-refractivity contribution in [3.63, 3.8) is 0 Å². The van der Waals surface area contributed by atoms with Gasteiger partial charge in [-0.25, -0.2) is 8.78 Å². The minimum atomic E-state index is -0.710. The quantitative estimate of drug-likeness (QED) is 0.867. The average Bonchev–Trinajstić information content (AvgIpc) is 3.39. The second-order valence-corrected chi connectivity index (χ2v) is 6.21. The summed E-state index contributed by atoms with van der Waals surface area (Å²) in [5.41, 5.74) is 1.10. The Morgan fingerprint density at radius 3 is 2.56 bits per heavy atom. The Morgan fingerprint density at radius 1 is 1.12 bits per heavy atom. The molecule has 0 heterocycles. The van der Waals surface area contributed by atoms with E-state index in [4.69, 9.17) is 0 Å². The molecule has 1 unspecified atom stereocenters. The van der Waals surface area contributed by atoms with Crippen molar-refractivity contribution in [1.29, 1.82) is 0 Å². The summed E-state index contributed by atoms with van der Waals surface area (Å²) in [6.45, 7) is 1.62. The van der Waals surface area contributed by atoms with Gasteiger partial charge in [0.05, 0.1) is 6.04 Å². The lowest BCUT2D eigenvalue weighted by Crippen LogP contribution is -2.27. The van der Waals surface area contributed by atoms with Crippen LogP contribution >= 0.6 is 0 Å². The predicted octanol–water partition coefficient (Wildman–Crippen LogP) is 3.80. The van der Waals surface area contributed by atoms with Gasteiger partial charge in [0.1, 0.15) is 11.6 Å². The fraction of sp³-hybridized carbons (Fsp3) is 0.263. The van der Waals surface area contributed by atoms with Crippen LogP contribution in [-0.4, -0.2) is 11.8 Å². The molecule has 0 spiro atoms. The third kappa shape index (κ3) is 4.21. The Morgan fingerprint density at radius 2 is 1.88 bits per heavy atom. The summed E-state index contributed by atoms with van der Waals surface area (Å²) >= 11 is 0. The maximum atomic E-state index is 13.8. The molecule has 3 rings (SSSR count). The lowest BCUT2D eigenvalue weighted by molar-refractivity contribution is -0.117. The molecule has 6 heteroatoms. The van der Waals surface area contributed by atoms with Crippen molar-refractivity contribution in [3.8, 4) is 0 Å². The number of anilines is 1. The van der Waals surface area contributed by atoms with Crippen LogP contribution in [0.25, 0.3) is 0 Å². The zero-order chi connectivity index (χ0) is 18.0. The average molecular weight is 344 g/mol. The minimum Gasteiger partial charge on any atom is -0.345 e. The lowest BCUT2D eigenvalue weighted by Gasteiger charge is -2.15. The second kappa shape index (κ2) is 7.01. The monoisotopic (exact) mass is 344 g/mol. The van der Waals surface area contributed by atoms with Crippen LogP contribution in [0.2, 0.25) is 0 Å². The number of nitrogens with one attached hydrogen (secondary N) is 2. The van der Waals surface area contributed by atoms with Gasteiger partial charge in [0.15, 0.2) is 0 Å². The molecule has 0 aromatic heterocycles. The molecule has 0 aliphatic heterocycles. The molecule has 4 nitrogen and oxygen atoms in total. The highest BCUT2D eigenvalue weighted by atomic mass is 19.1. The normalized spacial score (nSPS) is 14.7. The van der Waals surface area contributed by atoms with E-state index in [1.165, 1.54) is 6.07 Å². The summed E-state index contributed by atoms with van der Waals surface area (Å²) in [6.07, 6.45) is 1.79. The topological polar surface area (TPSA) is 58.2 Å². The van der Waals surface area contributed by atoms with E-state index >= 15 is 0 Å². The molecule has 1 aliphatic carbocycles. The number of carbonyl (C=O) groups is 2. The van der Waals surface area contributed by atoms with Crippen LogP contribution in [0, 0.1) is 17.6 Å². The van der Waals surface area contributed by atoms with Crippen molar-refractivity contribution in [2.24, 2.45) is 5.92 Å². The molecule has 2 amide bonds. The fourth-order valence-electron chi connectivity index (χ4n) is 2.54. The molecule has 1 saturated carbocycles. The van der Waals surface area contributed by atoms with Crippen molar-refractivity contribution < 1.29 is 18.4 Å². The highest BCUT2D eigenvalue weighted by molar-refractivity contribution is 5.98. The van der Waals surface area contributed by atoms with E-state index < -0.39 is 23.6 Å². The molecule has 130 valence electrons. The van der Waals surface area contributed by atoms with E-state index in [2.05, 4.69) is 10.6 Å². The van der Waals surface area contributed by atoms with E-state index in [1.54, 1.807) is 31.2 Å². The first-order valence-electron chi connectivity index (χ1n) is 8.11. The van der Waals surface area contributed by atoms with Crippen molar-refractivity contribution >= 4 is 17.5 Å². The Hall–Kier alpha value is -2.76. The van der Waals surface area contributed by atoms with Gasteiger partial charge in [-0.15, -0.1) is 0 Å². The zero-order valence-corrected chi connectivity index (χ0v) is 13.7. The Bertz CT molecular complexity index is 819. The van der Waals surface area contributed by atoms with E-state index in [1.807, 2.05) is 0 Å². The summed E-state index contributed by atoms with van der Waals surface area (Å²) in [6, 6.07) is 9.17. The van der Waals surface area contributed by atoms with Crippen LogP contribution in [-0.2, 0) is 4.79 Å². The third-order valence-corrected chi connectivity index (χ3v) is 4.12. The van der Waals surface area contributed by atoms with Gasteiger partial charge in [-0.2, -0.15) is 0 Å². The van der Waals surface area contributed by atoms with Gasteiger partial charge in [0.25, 0.3) is 5.91 Å². The van der Waals surface area contributed by atoms with E-state index in [0.717, 1.165) is 25.0 Å². The fourth-order valence-corrected chi connectivity index (χ4v) is 2.54. The van der Waals surface area contributed by atoms with E-state index in [9.17, 15) is 18.4 Å². The molecule has 0 radical (unpaired) electrons. The van der Waals surface area contributed by atoms with Crippen molar-refractivity contribution in [3.05, 3.63) is 65.2 Å². The molecule has 1 atom stereocenters. The lowest BCUT2D eigenvalue weighted by atomic mass is 10.1. The van der Waals surface area contributed by atoms with E-state index in [-0.39, 0.29) is 17.4 Å². The molecule has 1 aliphatic rings. The maximum absolute atomic E-state index is 13.8. The van der Waals surface area contributed by atoms with Crippen molar-refractivity contribution in [1.82, 2.24) is 5.32 Å². The second-order valence-electron chi connectivity index (χ2n) is 6.21. The summed E-state index contributed by atoms with van der Waals surface area (Å²) in [5.74, 6) is -1.76. The SMILES string of the molecule is CC(NC(=O)c1cccc(NC(=O)C2CC2)c1)c1ccc(F)cc1F. The van der Waals surface area contributed by atoms with Crippen LogP contribution in [0.5, 0.6) is 0 Å². The van der Waals surface area contributed by atoms with Crippen LogP contribution in [0.15, 0.2) is 42.5 Å². The van der Waals surface area contributed by atoms with Crippen LogP contribution < -0.4 is 10.6 Å². The molecule has 2 aromatic rings. The highest BCUT2D eigenvalue weighted by Gasteiger charge is 2.29. The summed E-state index contributed by atoms with van der Waals surface area (Å²) < 4.78 is 26.8. The molecular weight excluding hydrogens is 326 g/mol. The van der Waals surface area contributed by atoms with Gasteiger partial charge in [-0.05, 0) is 44.0 Å². The van der Waals surface area contributed by atoms with Gasteiger partial charge < -0.3 is 10.6 Å². The summed E-state index contributed by atoms with van der Waals surface area (Å²) in [7, 11) is 0. The molecule has 25 heavy (non-hydrogen) atoms. The number of benzene rings is 2. The standard InChI is InChI=1S/C19H18F2N2O2/c1-11(16-8-7-14(20)10-17(16)21)22-19(25)13-3-2-4-15(9-13)23-18(24)12-5-6-12/h2-4,7-12H,5-6H2,1H3,(H,22,25)(H,23,24). The number of halogens is 2. The Labute approximate surface area is 144 Å². The number of hydrogen-bond donors (Lipinski definition) is 2. The maximum Gasteiger partial charge on any atom is 0.251 e. The Balaban J connectivity index is 1.68. The van der Waals surface area contributed by atoms with Gasteiger partial charge in [-0.1, -0.05) is 12.1 Å². The van der Waals surface area contributed by atoms with Gasteiger partial charge in [-0.3, -0.25) is 9.59 Å². The Kier molecular flexibility index (Phi) is 4.79. The smallest absolute Gasteiger partial charge is 0.251 e. The summed E-state index contributed by atoms with van der Waals surface area (Å²) in [4.78, 5) is 24.2. The molecule has 2 N–H and O–H groups in total. The third-order valence-electron chi connectivity index (χ3n) is 4.12. The number of hydrogen-bond acceptors (Lipinski definition) is 2. The number of carbonyl (C=O) groups excluding carboxylic acids is 2. The van der Waals surface area contributed by atoms with E-state index in [0.29, 0.717) is 11.3 Å². The summed E-state index contributed by atoms with van der Waals surface area (Å²) in [5, 5.41) is 5.45. The molecule has 1 fully saturated rings. The number of rotatable bonds is 5. The number of amides is 2. The van der Waals surface area contributed by atoms with Crippen LogP contribution in [0.3, 0.4) is 0 Å². The highest BCUT2D eigenvalue weighted by Crippen LogP contribution is 2.30. The zero-order valence-electron chi connectivity index (χ0n) is 13.7.